The predicted molar refractivity (Wildman–Crippen MR) is 166 cm³/mol. The summed E-state index contributed by atoms with van der Waals surface area (Å²) in [4.78, 5) is 51.0. The third-order valence-corrected chi connectivity index (χ3v) is 10.1. The van der Waals surface area contributed by atoms with Crippen molar-refractivity contribution >= 4 is 17.7 Å². The Morgan fingerprint density at radius 2 is 1.77 bits per heavy atom. The first kappa shape index (κ1) is 32.3. The molecule has 1 N–H and O–H groups in total. The zero-order valence-corrected chi connectivity index (χ0v) is 26.2. The fourth-order valence-corrected chi connectivity index (χ4v) is 7.92. The summed E-state index contributed by atoms with van der Waals surface area (Å²) in [5, 5.41) is 10.4. The van der Waals surface area contributed by atoms with Crippen LogP contribution in [0, 0.1) is 11.8 Å². The number of ether oxygens (including phenoxy) is 2. The lowest BCUT2D eigenvalue weighted by molar-refractivity contribution is -0.156. The highest BCUT2D eigenvalue weighted by molar-refractivity contribution is 5.99. The molecule has 44 heavy (non-hydrogen) atoms. The number of amides is 3. The molecule has 6 atom stereocenters. The summed E-state index contributed by atoms with van der Waals surface area (Å²) in [6.07, 6.45) is 4.92. The van der Waals surface area contributed by atoms with E-state index in [-0.39, 0.29) is 24.3 Å². The van der Waals surface area contributed by atoms with Gasteiger partial charge in [-0.05, 0) is 31.7 Å². The van der Waals surface area contributed by atoms with Crippen LogP contribution in [0.5, 0.6) is 0 Å². The van der Waals surface area contributed by atoms with Crippen LogP contribution in [0.1, 0.15) is 38.7 Å². The van der Waals surface area contributed by atoms with E-state index in [1.54, 1.807) is 26.9 Å². The van der Waals surface area contributed by atoms with Gasteiger partial charge in [-0.2, -0.15) is 0 Å². The van der Waals surface area contributed by atoms with Crippen LogP contribution >= 0.6 is 0 Å². The number of aliphatic hydroxyl groups excluding tert-OH is 1. The van der Waals surface area contributed by atoms with Gasteiger partial charge in [0, 0.05) is 45.8 Å². The second-order valence-electron chi connectivity index (χ2n) is 12.7. The van der Waals surface area contributed by atoms with Gasteiger partial charge in [-0.1, -0.05) is 49.4 Å². The van der Waals surface area contributed by atoms with E-state index < -0.39 is 35.1 Å². The second-order valence-corrected chi connectivity index (χ2v) is 12.7. The number of morpholine rings is 1. The zero-order chi connectivity index (χ0) is 31.5. The van der Waals surface area contributed by atoms with Gasteiger partial charge in [-0.15, -0.1) is 13.2 Å². The third-order valence-electron chi connectivity index (χ3n) is 10.1. The molecule has 10 heteroatoms. The first-order chi connectivity index (χ1) is 21.2. The van der Waals surface area contributed by atoms with Gasteiger partial charge in [-0.25, -0.2) is 0 Å². The van der Waals surface area contributed by atoms with Crippen LogP contribution < -0.4 is 0 Å². The number of hydrogen-bond donors (Lipinski definition) is 1. The molecule has 240 valence electrons. The molecule has 0 aliphatic carbocycles. The summed E-state index contributed by atoms with van der Waals surface area (Å²) in [5.41, 5.74) is -1.07. The van der Waals surface area contributed by atoms with E-state index in [1.807, 2.05) is 44.2 Å². The second kappa shape index (κ2) is 13.5. The topological polar surface area (TPSA) is 103 Å². The Hall–Kier alpha value is -3.05. The van der Waals surface area contributed by atoms with Crippen molar-refractivity contribution in [3.8, 4) is 0 Å². The molecule has 4 heterocycles. The highest BCUT2D eigenvalue weighted by Crippen LogP contribution is 2.64. The largest absolute Gasteiger partial charge is 0.394 e. The lowest BCUT2D eigenvalue weighted by Crippen LogP contribution is -2.59. The monoisotopic (exact) mass is 608 g/mol. The van der Waals surface area contributed by atoms with Gasteiger partial charge >= 0.3 is 0 Å². The number of carbonyl (C=O) groups is 3. The predicted octanol–water partition coefficient (Wildman–Crippen LogP) is 2.08. The van der Waals surface area contributed by atoms with Crippen LogP contribution in [0.15, 0.2) is 55.6 Å². The average Bonchev–Trinajstić information content (AvgIpc) is 3.61. The van der Waals surface area contributed by atoms with E-state index in [9.17, 15) is 19.5 Å². The van der Waals surface area contributed by atoms with Crippen molar-refractivity contribution in [3.05, 3.63) is 61.2 Å². The van der Waals surface area contributed by atoms with Crippen molar-refractivity contribution in [1.29, 1.82) is 0 Å². The Balaban J connectivity index is 1.49. The summed E-state index contributed by atoms with van der Waals surface area (Å²) in [6.45, 7) is 16.4. The van der Waals surface area contributed by atoms with Gasteiger partial charge < -0.3 is 29.3 Å². The standard InChI is InChI=1S/C34H48N4O6/c1-5-15-36(18-17-35-19-21-43-22-20-35)32(42)29-34-14-13-33(4,44-34)27(28(34)31(41)38(29)26(7-3)24-39)30(40)37(16-6-2)23-25-11-9-8-10-12-25/h5-6,8-12,26-29,39H,1-2,7,13-24H2,3-4H3/t26-,27-,28-,29?,33+,34?/m0/s1. The maximum atomic E-state index is 14.7. The normalized spacial score (nSPS) is 30.2. The number of hydrogen-bond acceptors (Lipinski definition) is 7. The van der Waals surface area contributed by atoms with Crippen molar-refractivity contribution in [1.82, 2.24) is 19.6 Å². The molecule has 1 aromatic carbocycles. The molecule has 1 aromatic rings. The maximum Gasteiger partial charge on any atom is 0.248 e. The van der Waals surface area contributed by atoms with E-state index in [0.717, 1.165) is 18.7 Å². The van der Waals surface area contributed by atoms with E-state index >= 15 is 0 Å². The molecule has 5 rings (SSSR count). The number of benzene rings is 1. The van der Waals surface area contributed by atoms with E-state index in [2.05, 4.69) is 18.1 Å². The molecule has 0 aromatic heterocycles. The minimum atomic E-state index is -1.16. The summed E-state index contributed by atoms with van der Waals surface area (Å²) in [6, 6.07) is 8.24. The van der Waals surface area contributed by atoms with Gasteiger partial charge in [0.2, 0.25) is 17.7 Å². The van der Waals surface area contributed by atoms with Gasteiger partial charge in [-0.3, -0.25) is 19.3 Å². The van der Waals surface area contributed by atoms with Crippen molar-refractivity contribution in [2.45, 2.75) is 62.9 Å². The molecule has 2 bridgehead atoms. The number of rotatable bonds is 14. The Morgan fingerprint density at radius 3 is 2.41 bits per heavy atom. The van der Waals surface area contributed by atoms with Gasteiger partial charge in [0.25, 0.3) is 0 Å². The highest BCUT2D eigenvalue weighted by atomic mass is 16.5. The molecule has 1 spiro atoms. The van der Waals surface area contributed by atoms with Gasteiger partial charge in [0.1, 0.15) is 11.6 Å². The summed E-state index contributed by atoms with van der Waals surface area (Å²) in [7, 11) is 0. The minimum Gasteiger partial charge on any atom is -0.394 e. The first-order valence-corrected chi connectivity index (χ1v) is 16.0. The molecule has 0 radical (unpaired) electrons. The highest BCUT2D eigenvalue weighted by Gasteiger charge is 2.78. The molecule has 10 nitrogen and oxygen atoms in total. The molecule has 2 unspecified atom stereocenters. The van der Waals surface area contributed by atoms with Crippen LogP contribution in [-0.4, -0.2) is 125 Å². The Labute approximate surface area is 261 Å². The molecule has 4 aliphatic heterocycles. The van der Waals surface area contributed by atoms with E-state index in [1.165, 1.54) is 0 Å². The number of nitrogens with zero attached hydrogens (tertiary/aromatic N) is 4. The zero-order valence-electron chi connectivity index (χ0n) is 26.2. The smallest absolute Gasteiger partial charge is 0.248 e. The van der Waals surface area contributed by atoms with E-state index in [0.29, 0.717) is 65.2 Å². The lowest BCUT2D eigenvalue weighted by Gasteiger charge is -2.39. The Bertz CT molecular complexity index is 1220. The van der Waals surface area contributed by atoms with Crippen molar-refractivity contribution in [3.63, 3.8) is 0 Å². The number of carbonyl (C=O) groups excluding carboxylic acids is 3. The van der Waals surface area contributed by atoms with Crippen LogP contribution in [0.3, 0.4) is 0 Å². The van der Waals surface area contributed by atoms with Crippen LogP contribution in [0.4, 0.5) is 0 Å². The molecule has 3 amide bonds. The van der Waals surface area contributed by atoms with Crippen LogP contribution in [-0.2, 0) is 30.4 Å². The minimum absolute atomic E-state index is 0.170. The fourth-order valence-electron chi connectivity index (χ4n) is 7.92. The van der Waals surface area contributed by atoms with Crippen molar-refractivity contribution in [2.24, 2.45) is 11.8 Å². The number of aliphatic hydroxyl groups is 1. The SMILES string of the molecule is C=CCN(CCN1CCOCC1)C(=O)C1N([C@@H](CC)CO)C(=O)[C@@H]2[C@@H](C(=O)N(CC=C)Cc3ccccc3)[C@@]3(C)CCC12O3. The Morgan fingerprint density at radius 1 is 1.09 bits per heavy atom. The lowest BCUT2D eigenvalue weighted by atomic mass is 9.66. The van der Waals surface area contributed by atoms with Gasteiger partial charge in [0.15, 0.2) is 0 Å². The third kappa shape index (κ3) is 5.73. The van der Waals surface area contributed by atoms with Crippen LogP contribution in [0.25, 0.3) is 0 Å². The molecular weight excluding hydrogens is 560 g/mol. The Kier molecular flexibility index (Phi) is 9.94. The van der Waals surface area contributed by atoms with Crippen LogP contribution in [0.2, 0.25) is 0 Å². The first-order valence-electron chi connectivity index (χ1n) is 16.0. The molecular formula is C34H48N4O6. The number of fused-ring (bicyclic) bond motifs is 1. The molecule has 4 aliphatic rings. The number of likely N-dealkylation sites (tertiary alicyclic amines) is 1. The summed E-state index contributed by atoms with van der Waals surface area (Å²) in [5.74, 6) is -2.25. The summed E-state index contributed by atoms with van der Waals surface area (Å²) >= 11 is 0. The fraction of sp³-hybridized carbons (Fsp3) is 0.618. The van der Waals surface area contributed by atoms with E-state index in [4.69, 9.17) is 9.47 Å². The molecule has 4 fully saturated rings. The van der Waals surface area contributed by atoms with Gasteiger partial charge in [0.05, 0.1) is 43.3 Å². The quantitative estimate of drug-likeness (QED) is 0.323. The van der Waals surface area contributed by atoms with Crippen molar-refractivity contribution < 1.29 is 29.0 Å². The molecule has 4 saturated heterocycles. The molecule has 0 saturated carbocycles. The van der Waals surface area contributed by atoms with Crippen molar-refractivity contribution in [2.75, 3.05) is 59.1 Å². The average molecular weight is 609 g/mol. The summed E-state index contributed by atoms with van der Waals surface area (Å²) < 4.78 is 12.3. The maximum absolute atomic E-state index is 14.7.